The molecule has 1 aromatic rings. The summed E-state index contributed by atoms with van der Waals surface area (Å²) in [7, 11) is 5.61. The van der Waals surface area contributed by atoms with Gasteiger partial charge in [0.2, 0.25) is 5.91 Å². The third-order valence-corrected chi connectivity index (χ3v) is 3.99. The van der Waals surface area contributed by atoms with Gasteiger partial charge >= 0.3 is 12.1 Å². The van der Waals surface area contributed by atoms with Gasteiger partial charge in [0, 0.05) is 58.9 Å². The van der Waals surface area contributed by atoms with Crippen molar-refractivity contribution in [1.82, 2.24) is 14.9 Å². The van der Waals surface area contributed by atoms with Crippen molar-refractivity contribution >= 4 is 17.7 Å². The van der Waals surface area contributed by atoms with Gasteiger partial charge in [-0.1, -0.05) is 0 Å². The van der Waals surface area contributed by atoms with Crippen LogP contribution in [0.5, 0.6) is 0 Å². The molecule has 0 spiro atoms. The summed E-state index contributed by atoms with van der Waals surface area (Å²) in [5.41, 5.74) is 1.06. The van der Waals surface area contributed by atoms with Crippen LogP contribution < -0.4 is 4.90 Å². The van der Waals surface area contributed by atoms with E-state index in [1.807, 2.05) is 37.0 Å². The monoisotopic (exact) mass is 406 g/mol. The van der Waals surface area contributed by atoms with Gasteiger partial charge in [-0.3, -0.25) is 4.79 Å². The zero-order valence-corrected chi connectivity index (χ0v) is 16.3. The highest BCUT2D eigenvalue weighted by Crippen LogP contribution is 2.22. The first kappa shape index (κ1) is 23.6. The molecule has 1 saturated heterocycles. The first-order valence-corrected chi connectivity index (χ1v) is 8.52. The van der Waals surface area contributed by atoms with Crippen molar-refractivity contribution in [2.75, 3.05) is 45.8 Å². The van der Waals surface area contributed by atoms with Gasteiger partial charge in [-0.2, -0.15) is 13.2 Å². The van der Waals surface area contributed by atoms with Gasteiger partial charge in [-0.05, 0) is 12.8 Å². The Morgan fingerprint density at radius 3 is 2.54 bits per heavy atom. The summed E-state index contributed by atoms with van der Waals surface area (Å²) in [6.07, 6.45) is -1.90. The molecule has 1 aliphatic rings. The molecule has 0 radical (unpaired) electrons. The minimum Gasteiger partial charge on any atom is -0.475 e. The number of aryl methyl sites for hydroxylation is 1. The van der Waals surface area contributed by atoms with E-state index in [9.17, 15) is 18.0 Å². The van der Waals surface area contributed by atoms with E-state index < -0.39 is 12.1 Å². The molecule has 0 aromatic carbocycles. The molecule has 1 atom stereocenters. The number of carbonyl (C=O) groups excluding carboxylic acids is 1. The van der Waals surface area contributed by atoms with E-state index in [4.69, 9.17) is 14.6 Å². The summed E-state index contributed by atoms with van der Waals surface area (Å²) < 4.78 is 36.8. The summed E-state index contributed by atoms with van der Waals surface area (Å²) in [6, 6.07) is 0. The Morgan fingerprint density at radius 1 is 1.43 bits per heavy atom. The smallest absolute Gasteiger partial charge is 0.475 e. The maximum absolute atomic E-state index is 11.9. The highest BCUT2D eigenvalue weighted by atomic mass is 19.4. The van der Waals surface area contributed by atoms with Crippen molar-refractivity contribution in [3.8, 4) is 0 Å². The van der Waals surface area contributed by atoms with E-state index in [0.717, 1.165) is 30.2 Å². The summed E-state index contributed by atoms with van der Waals surface area (Å²) in [6.45, 7) is 4.04. The number of halogens is 3. The van der Waals surface area contributed by atoms with Gasteiger partial charge in [0.05, 0.1) is 6.61 Å². The number of rotatable bonds is 6. The molecule has 1 unspecified atom stereocenters. The highest BCUT2D eigenvalue weighted by molar-refractivity contribution is 5.78. The number of alkyl halides is 3. The van der Waals surface area contributed by atoms with Crippen LogP contribution in [0.2, 0.25) is 0 Å². The first-order valence-electron chi connectivity index (χ1n) is 8.52. The molecule has 1 N–H and O–H groups in total. The fraction of sp³-hybridized carbons (Fsp3) is 0.647. The highest BCUT2D eigenvalue weighted by Gasteiger charge is 2.38. The number of methoxy groups -OCH3 is 1. The second-order valence-corrected chi connectivity index (χ2v) is 6.60. The lowest BCUT2D eigenvalue weighted by molar-refractivity contribution is -0.192. The van der Waals surface area contributed by atoms with Crippen LogP contribution in [-0.2, 0) is 20.7 Å². The second-order valence-electron chi connectivity index (χ2n) is 6.60. The lowest BCUT2D eigenvalue weighted by Crippen LogP contribution is -2.29. The number of carboxylic acid groups (broad SMARTS) is 1. The summed E-state index contributed by atoms with van der Waals surface area (Å²) >= 11 is 0. The minimum absolute atomic E-state index is 0.206. The van der Waals surface area contributed by atoms with Gasteiger partial charge in [0.25, 0.3) is 0 Å². The number of likely N-dealkylation sites (tertiary alicyclic amines) is 1. The topological polar surface area (TPSA) is 95.9 Å². The van der Waals surface area contributed by atoms with Crippen LogP contribution in [0, 0.1) is 12.8 Å². The predicted molar refractivity (Wildman–Crippen MR) is 95.1 cm³/mol. The number of hydrogen-bond acceptors (Lipinski definition) is 6. The summed E-state index contributed by atoms with van der Waals surface area (Å²) in [5.74, 6) is -0.493. The number of ether oxygens (including phenoxy) is 1. The molecular weight excluding hydrogens is 381 g/mol. The van der Waals surface area contributed by atoms with Gasteiger partial charge in [-0.15, -0.1) is 0 Å². The maximum Gasteiger partial charge on any atom is 0.490 e. The van der Waals surface area contributed by atoms with Crippen LogP contribution in [0.15, 0.2) is 6.20 Å². The third-order valence-electron chi connectivity index (χ3n) is 3.99. The van der Waals surface area contributed by atoms with E-state index in [1.165, 1.54) is 0 Å². The molecule has 1 amide bonds. The van der Waals surface area contributed by atoms with Crippen molar-refractivity contribution in [2.45, 2.75) is 25.9 Å². The number of hydrogen-bond donors (Lipinski definition) is 1. The number of carboxylic acids is 1. The van der Waals surface area contributed by atoms with Gasteiger partial charge in [0.1, 0.15) is 11.6 Å². The molecule has 1 fully saturated rings. The number of aromatic nitrogens is 2. The molecule has 28 heavy (non-hydrogen) atoms. The Bertz CT molecular complexity index is 683. The Morgan fingerprint density at radius 2 is 2.04 bits per heavy atom. The Hall–Kier alpha value is -2.43. The number of nitrogens with zero attached hydrogens (tertiary/aromatic N) is 4. The zero-order valence-electron chi connectivity index (χ0n) is 16.3. The van der Waals surface area contributed by atoms with E-state index in [2.05, 4.69) is 9.97 Å². The van der Waals surface area contributed by atoms with Crippen molar-refractivity contribution in [1.29, 1.82) is 0 Å². The summed E-state index contributed by atoms with van der Waals surface area (Å²) in [4.78, 5) is 33.7. The number of amides is 1. The van der Waals surface area contributed by atoms with E-state index >= 15 is 0 Å². The van der Waals surface area contributed by atoms with Crippen LogP contribution in [-0.4, -0.2) is 78.9 Å². The molecule has 158 valence electrons. The van der Waals surface area contributed by atoms with Gasteiger partial charge < -0.3 is 19.6 Å². The van der Waals surface area contributed by atoms with Gasteiger partial charge in [-0.25, -0.2) is 14.8 Å². The number of aliphatic carboxylic acids is 1. The maximum atomic E-state index is 11.9. The van der Waals surface area contributed by atoms with Gasteiger partial charge in [0.15, 0.2) is 0 Å². The van der Waals surface area contributed by atoms with Crippen molar-refractivity contribution in [2.24, 2.45) is 5.92 Å². The molecule has 0 aliphatic carbocycles. The molecule has 11 heteroatoms. The lowest BCUT2D eigenvalue weighted by Gasteiger charge is -2.17. The van der Waals surface area contributed by atoms with Crippen molar-refractivity contribution in [3.05, 3.63) is 17.6 Å². The number of carbonyl (C=O) groups is 2. The molecule has 8 nitrogen and oxygen atoms in total. The van der Waals surface area contributed by atoms with Crippen LogP contribution in [0.25, 0.3) is 0 Å². The van der Waals surface area contributed by atoms with Crippen LogP contribution in [0.1, 0.15) is 17.8 Å². The molecule has 1 aliphatic heterocycles. The summed E-state index contributed by atoms with van der Waals surface area (Å²) in [5, 5.41) is 7.12. The number of anilines is 1. The average Bonchev–Trinajstić information content (AvgIpc) is 2.93. The molecule has 2 rings (SSSR count). The van der Waals surface area contributed by atoms with E-state index in [0.29, 0.717) is 25.5 Å². The van der Waals surface area contributed by atoms with E-state index in [1.54, 1.807) is 7.11 Å². The average molecular weight is 406 g/mol. The fourth-order valence-electron chi connectivity index (χ4n) is 2.69. The van der Waals surface area contributed by atoms with Crippen molar-refractivity contribution in [3.63, 3.8) is 0 Å². The Balaban J connectivity index is 0.000000480. The van der Waals surface area contributed by atoms with E-state index in [-0.39, 0.29) is 5.91 Å². The first-order chi connectivity index (χ1) is 13.0. The second kappa shape index (κ2) is 10.2. The van der Waals surface area contributed by atoms with Crippen LogP contribution in [0.3, 0.4) is 0 Å². The Labute approximate surface area is 161 Å². The Kier molecular flexibility index (Phi) is 8.61. The molecule has 0 bridgehead atoms. The minimum atomic E-state index is -5.08. The lowest BCUT2D eigenvalue weighted by atomic mass is 10.0. The molecule has 2 heterocycles. The SMILES string of the molecule is COCCN1CC(Cc2ncc(C)c(N(C)C)n2)CC1=O.O=C(O)C(F)(F)F. The molecular formula is C17H25F3N4O4. The quantitative estimate of drug-likeness (QED) is 0.765. The van der Waals surface area contributed by atoms with Crippen LogP contribution >= 0.6 is 0 Å². The fourth-order valence-corrected chi connectivity index (χ4v) is 2.69. The molecule has 1 aromatic heterocycles. The standard InChI is InChI=1S/C15H24N4O2.C2HF3O2/c1-11-9-16-13(17-15(11)18(2)3)7-12-8-14(20)19(10-12)5-6-21-4;3-2(4,5)1(6)7/h9,12H,5-8,10H2,1-4H3;(H,6,7). The molecule has 0 saturated carbocycles. The normalized spacial score (nSPS) is 16.6. The largest absolute Gasteiger partial charge is 0.490 e. The third kappa shape index (κ3) is 7.29. The van der Waals surface area contributed by atoms with Crippen LogP contribution in [0.4, 0.5) is 19.0 Å². The predicted octanol–water partition coefficient (Wildman–Crippen LogP) is 1.52. The van der Waals surface area contributed by atoms with Crippen molar-refractivity contribution < 1.29 is 32.6 Å². The zero-order chi connectivity index (χ0) is 21.5.